The van der Waals surface area contributed by atoms with Crippen LogP contribution in [0.2, 0.25) is 5.02 Å². The third-order valence-electron chi connectivity index (χ3n) is 5.48. The zero-order chi connectivity index (χ0) is 23.1. The highest BCUT2D eigenvalue weighted by molar-refractivity contribution is 6.30. The summed E-state index contributed by atoms with van der Waals surface area (Å²) in [7, 11) is 0. The highest BCUT2D eigenvalue weighted by Gasteiger charge is 2.23. The molecule has 1 amide bonds. The molecule has 0 heterocycles. The van der Waals surface area contributed by atoms with Crippen molar-refractivity contribution in [1.82, 2.24) is 5.32 Å². The van der Waals surface area contributed by atoms with Crippen LogP contribution in [0, 0.1) is 5.41 Å². The minimum atomic E-state index is -0.535. The predicted octanol–water partition coefficient (Wildman–Crippen LogP) is 3.96. The Labute approximate surface area is 192 Å². The Morgan fingerprint density at radius 2 is 1.91 bits per heavy atom. The number of benzene rings is 2. The predicted molar refractivity (Wildman–Crippen MR) is 128 cm³/mol. The molecule has 6 N–H and O–H groups in total. The number of carbonyl (C=O) groups excluding carboxylic acids is 1. The summed E-state index contributed by atoms with van der Waals surface area (Å²) in [6.45, 7) is -0.257. The SMILES string of the molecule is N=C1/C(=C(\N)C(=O)N[C@H](CO)Cc2ccc(O)cc2)CCCC/C1=C\c1cccc(Cl)c1. The van der Waals surface area contributed by atoms with Crippen molar-refractivity contribution in [3.8, 4) is 5.75 Å². The third kappa shape index (κ3) is 6.22. The van der Waals surface area contributed by atoms with Gasteiger partial charge in [-0.2, -0.15) is 0 Å². The molecule has 0 saturated heterocycles. The minimum Gasteiger partial charge on any atom is -0.508 e. The quantitative estimate of drug-likeness (QED) is 0.336. The number of phenolic OH excluding ortho intramolecular Hbond substituents is 1. The van der Waals surface area contributed by atoms with Gasteiger partial charge in [0, 0.05) is 10.6 Å². The summed E-state index contributed by atoms with van der Waals surface area (Å²) >= 11 is 6.08. The van der Waals surface area contributed by atoms with Gasteiger partial charge in [0.1, 0.15) is 11.4 Å². The van der Waals surface area contributed by atoms with E-state index in [1.807, 2.05) is 24.3 Å². The van der Waals surface area contributed by atoms with Crippen LogP contribution in [-0.2, 0) is 11.2 Å². The molecule has 1 aliphatic rings. The number of phenols is 1. The highest BCUT2D eigenvalue weighted by Crippen LogP contribution is 2.27. The first-order valence-corrected chi connectivity index (χ1v) is 11.0. The van der Waals surface area contributed by atoms with E-state index in [2.05, 4.69) is 5.32 Å². The van der Waals surface area contributed by atoms with Crippen molar-refractivity contribution in [1.29, 1.82) is 5.41 Å². The molecule has 0 aliphatic heterocycles. The lowest BCUT2D eigenvalue weighted by molar-refractivity contribution is -0.118. The summed E-state index contributed by atoms with van der Waals surface area (Å²) in [5, 5.41) is 31.2. The van der Waals surface area contributed by atoms with Crippen LogP contribution in [0.5, 0.6) is 5.75 Å². The Balaban J connectivity index is 1.78. The molecule has 0 unspecified atom stereocenters. The van der Waals surface area contributed by atoms with E-state index in [0.717, 1.165) is 36.0 Å². The second-order valence-corrected chi connectivity index (χ2v) is 8.36. The zero-order valence-corrected chi connectivity index (χ0v) is 18.5. The minimum absolute atomic E-state index is 0.0121. The Hall–Kier alpha value is -3.09. The van der Waals surface area contributed by atoms with Crippen LogP contribution in [-0.4, -0.2) is 34.5 Å². The number of carbonyl (C=O) groups is 1. The number of halogens is 1. The molecule has 0 bridgehead atoms. The topological polar surface area (TPSA) is 119 Å². The van der Waals surface area contributed by atoms with E-state index in [4.69, 9.17) is 22.7 Å². The van der Waals surface area contributed by atoms with Gasteiger partial charge in [-0.05, 0) is 79.1 Å². The summed E-state index contributed by atoms with van der Waals surface area (Å²) in [5.74, 6) is -0.340. The van der Waals surface area contributed by atoms with Crippen LogP contribution < -0.4 is 11.1 Å². The fourth-order valence-electron chi connectivity index (χ4n) is 3.75. The van der Waals surface area contributed by atoms with Gasteiger partial charge in [0.15, 0.2) is 0 Å². The molecule has 3 rings (SSSR count). The molecule has 32 heavy (non-hydrogen) atoms. The number of nitrogens with one attached hydrogen (secondary N) is 2. The molecule has 168 valence electrons. The number of aromatic hydroxyl groups is 1. The number of hydrogen-bond donors (Lipinski definition) is 5. The van der Waals surface area contributed by atoms with E-state index in [0.29, 0.717) is 23.4 Å². The molecule has 2 aromatic carbocycles. The van der Waals surface area contributed by atoms with Crippen LogP contribution in [0.25, 0.3) is 6.08 Å². The number of aliphatic hydroxyl groups excluding tert-OH is 1. The van der Waals surface area contributed by atoms with Crippen molar-refractivity contribution in [2.75, 3.05) is 6.61 Å². The van der Waals surface area contributed by atoms with Crippen molar-refractivity contribution in [3.05, 3.63) is 81.5 Å². The molecule has 2 aromatic rings. The summed E-state index contributed by atoms with van der Waals surface area (Å²) in [6, 6.07) is 13.5. The van der Waals surface area contributed by atoms with Crippen molar-refractivity contribution >= 4 is 29.3 Å². The second-order valence-electron chi connectivity index (χ2n) is 7.92. The van der Waals surface area contributed by atoms with Crippen molar-refractivity contribution < 1.29 is 15.0 Å². The average Bonchev–Trinajstić information content (AvgIpc) is 2.95. The lowest BCUT2D eigenvalue weighted by Gasteiger charge is -2.18. The Morgan fingerprint density at radius 3 is 2.59 bits per heavy atom. The standard InChI is InChI=1S/C25H28ClN3O3/c26-19-6-3-4-17(13-19)12-18-5-1-2-7-22(23(18)27)24(28)25(32)29-20(15-30)14-16-8-10-21(31)11-9-16/h3-4,6,8-13,20,27,30-31H,1-2,5,7,14-15,28H2,(H,29,32)/b18-12+,24-22-,27-23?/t20-/m0/s1. The first kappa shape index (κ1) is 23.6. The van der Waals surface area contributed by atoms with Gasteiger partial charge in [-0.15, -0.1) is 0 Å². The molecule has 0 spiro atoms. The van der Waals surface area contributed by atoms with E-state index in [1.165, 1.54) is 0 Å². The normalized spacial score (nSPS) is 18.2. The molecule has 6 nitrogen and oxygen atoms in total. The number of nitrogens with two attached hydrogens (primary N) is 1. The Morgan fingerprint density at radius 1 is 1.19 bits per heavy atom. The van der Waals surface area contributed by atoms with Crippen molar-refractivity contribution in [2.24, 2.45) is 5.73 Å². The summed E-state index contributed by atoms with van der Waals surface area (Å²) < 4.78 is 0. The lowest BCUT2D eigenvalue weighted by Crippen LogP contribution is -2.42. The first-order chi connectivity index (χ1) is 15.4. The first-order valence-electron chi connectivity index (χ1n) is 10.6. The van der Waals surface area contributed by atoms with Gasteiger partial charge in [-0.3, -0.25) is 4.79 Å². The molecule has 7 heteroatoms. The summed E-state index contributed by atoms with van der Waals surface area (Å²) in [6.07, 6.45) is 5.31. The van der Waals surface area contributed by atoms with Crippen molar-refractivity contribution in [3.63, 3.8) is 0 Å². The van der Waals surface area contributed by atoms with Crippen LogP contribution in [0.15, 0.2) is 65.4 Å². The maximum Gasteiger partial charge on any atom is 0.267 e. The van der Waals surface area contributed by atoms with Gasteiger partial charge in [0.2, 0.25) is 0 Å². The van der Waals surface area contributed by atoms with Crippen LogP contribution >= 0.6 is 11.6 Å². The Bertz CT molecular complexity index is 1040. The lowest BCUT2D eigenvalue weighted by atomic mass is 9.97. The van der Waals surface area contributed by atoms with Gasteiger partial charge < -0.3 is 26.7 Å². The summed E-state index contributed by atoms with van der Waals surface area (Å²) in [5.41, 5.74) is 9.60. The van der Waals surface area contributed by atoms with Gasteiger partial charge in [-0.1, -0.05) is 35.9 Å². The molecule has 1 aliphatic carbocycles. The highest BCUT2D eigenvalue weighted by atomic mass is 35.5. The zero-order valence-electron chi connectivity index (χ0n) is 17.8. The number of aliphatic hydroxyl groups is 1. The van der Waals surface area contributed by atoms with Crippen molar-refractivity contribution in [2.45, 2.75) is 38.1 Å². The number of allylic oxidation sites excluding steroid dienone is 2. The molecular formula is C25H28ClN3O3. The Kier molecular flexibility index (Phi) is 8.09. The van der Waals surface area contributed by atoms with Gasteiger partial charge in [-0.25, -0.2) is 0 Å². The summed E-state index contributed by atoms with van der Waals surface area (Å²) in [4.78, 5) is 12.8. The average molecular weight is 454 g/mol. The van der Waals surface area contributed by atoms with Gasteiger partial charge in [0.25, 0.3) is 5.91 Å². The van der Waals surface area contributed by atoms with E-state index in [-0.39, 0.29) is 23.8 Å². The van der Waals surface area contributed by atoms with E-state index < -0.39 is 11.9 Å². The fraction of sp³-hybridized carbons (Fsp3) is 0.280. The molecular weight excluding hydrogens is 426 g/mol. The largest absolute Gasteiger partial charge is 0.508 e. The van der Waals surface area contributed by atoms with E-state index in [9.17, 15) is 15.0 Å². The maximum atomic E-state index is 12.8. The number of rotatable bonds is 6. The van der Waals surface area contributed by atoms with Crippen LogP contribution in [0.1, 0.15) is 36.8 Å². The van der Waals surface area contributed by atoms with E-state index in [1.54, 1.807) is 30.3 Å². The van der Waals surface area contributed by atoms with Gasteiger partial charge >= 0.3 is 0 Å². The second kappa shape index (κ2) is 11.0. The molecule has 0 aromatic heterocycles. The maximum absolute atomic E-state index is 12.8. The van der Waals surface area contributed by atoms with Crippen LogP contribution in [0.4, 0.5) is 0 Å². The van der Waals surface area contributed by atoms with Gasteiger partial charge in [0.05, 0.1) is 18.4 Å². The molecule has 1 atom stereocenters. The monoisotopic (exact) mass is 453 g/mol. The molecule has 1 fully saturated rings. The molecule has 1 saturated carbocycles. The molecule has 0 radical (unpaired) electrons. The fourth-order valence-corrected chi connectivity index (χ4v) is 3.95. The number of amides is 1. The van der Waals surface area contributed by atoms with E-state index >= 15 is 0 Å². The van der Waals surface area contributed by atoms with Crippen LogP contribution in [0.3, 0.4) is 0 Å². The number of hydrogen-bond acceptors (Lipinski definition) is 5. The smallest absolute Gasteiger partial charge is 0.267 e. The third-order valence-corrected chi connectivity index (χ3v) is 5.71.